The van der Waals surface area contributed by atoms with Gasteiger partial charge in [0.1, 0.15) is 0 Å². The van der Waals surface area contributed by atoms with Gasteiger partial charge >= 0.3 is 0 Å². The molecule has 1 aromatic rings. The van der Waals surface area contributed by atoms with Crippen LogP contribution >= 0.6 is 0 Å². The first kappa shape index (κ1) is 21.0. The van der Waals surface area contributed by atoms with Crippen molar-refractivity contribution in [3.8, 4) is 11.8 Å². The largest absolute Gasteiger partial charge is 0.345 e. The minimum absolute atomic E-state index is 0.0220. The van der Waals surface area contributed by atoms with Gasteiger partial charge in [0.05, 0.1) is 6.54 Å². The molecule has 4 heteroatoms. The highest BCUT2D eigenvalue weighted by Gasteiger charge is 2.25. The topological polar surface area (TPSA) is 49.4 Å². The average molecular weight is 369 g/mol. The Labute approximate surface area is 163 Å². The van der Waals surface area contributed by atoms with Crippen LogP contribution in [-0.2, 0) is 4.79 Å². The van der Waals surface area contributed by atoms with Crippen LogP contribution in [0, 0.1) is 23.7 Å². The fraction of sp³-hybridized carbons (Fsp3) is 0.565. The normalized spacial score (nSPS) is 18.9. The number of nitrogens with one attached hydrogen (secondary N) is 1. The minimum Gasteiger partial charge on any atom is -0.345 e. The second-order valence-electron chi connectivity index (χ2n) is 7.66. The van der Waals surface area contributed by atoms with E-state index in [1.807, 2.05) is 12.1 Å². The summed E-state index contributed by atoms with van der Waals surface area (Å²) in [6, 6.07) is 7.23. The first-order valence-corrected chi connectivity index (χ1v) is 10.1. The lowest BCUT2D eigenvalue weighted by Gasteiger charge is -2.27. The summed E-state index contributed by atoms with van der Waals surface area (Å²) in [5, 5.41) is 2.95. The molecule has 1 N–H and O–H groups in total. The van der Waals surface area contributed by atoms with E-state index in [4.69, 9.17) is 0 Å². The number of amides is 2. The molecule has 2 rings (SSSR count). The molecule has 0 atom stereocenters. The number of carbonyl (C=O) groups excluding carboxylic acids is 2. The van der Waals surface area contributed by atoms with Crippen LogP contribution < -0.4 is 5.32 Å². The molecule has 4 nitrogen and oxygen atoms in total. The molecule has 1 aliphatic rings. The fourth-order valence-corrected chi connectivity index (χ4v) is 3.58. The van der Waals surface area contributed by atoms with Gasteiger partial charge in [-0.2, -0.15) is 0 Å². The Kier molecular flexibility index (Phi) is 8.39. The van der Waals surface area contributed by atoms with Crippen molar-refractivity contribution in [1.82, 2.24) is 10.2 Å². The molecule has 0 aliphatic heterocycles. The van der Waals surface area contributed by atoms with Crippen LogP contribution in [0.4, 0.5) is 0 Å². The maximum atomic E-state index is 12.3. The summed E-state index contributed by atoms with van der Waals surface area (Å²) in [5.74, 6) is 7.13. The molecule has 0 radical (unpaired) electrons. The zero-order valence-electron chi connectivity index (χ0n) is 16.9. The van der Waals surface area contributed by atoms with Crippen LogP contribution in [0.2, 0.25) is 0 Å². The summed E-state index contributed by atoms with van der Waals surface area (Å²) in [6.45, 7) is 2.60. The Morgan fingerprint density at radius 1 is 1.11 bits per heavy atom. The van der Waals surface area contributed by atoms with Crippen LogP contribution in [0.25, 0.3) is 0 Å². The lowest BCUT2D eigenvalue weighted by molar-refractivity contribution is -0.125. The van der Waals surface area contributed by atoms with Gasteiger partial charge in [0, 0.05) is 31.1 Å². The zero-order valence-corrected chi connectivity index (χ0v) is 16.9. The van der Waals surface area contributed by atoms with Crippen molar-refractivity contribution in [3.05, 3.63) is 35.4 Å². The Morgan fingerprint density at radius 3 is 2.37 bits per heavy atom. The number of carbonyl (C=O) groups is 2. The van der Waals surface area contributed by atoms with Gasteiger partial charge in [-0.15, -0.1) is 0 Å². The molecular weight excluding hydrogens is 336 g/mol. The molecular formula is C23H32N2O2. The van der Waals surface area contributed by atoms with Gasteiger partial charge in [-0.25, -0.2) is 0 Å². The molecule has 0 unspecified atom stereocenters. The summed E-state index contributed by atoms with van der Waals surface area (Å²) in [4.78, 5) is 25.7. The molecule has 1 aromatic carbocycles. The predicted molar refractivity (Wildman–Crippen MR) is 109 cm³/mol. The van der Waals surface area contributed by atoms with Crippen molar-refractivity contribution >= 4 is 11.8 Å². The van der Waals surface area contributed by atoms with Crippen molar-refractivity contribution in [2.45, 2.75) is 51.9 Å². The van der Waals surface area contributed by atoms with Gasteiger partial charge in [-0.3, -0.25) is 9.59 Å². The molecule has 1 fully saturated rings. The number of hydrogen-bond acceptors (Lipinski definition) is 2. The molecule has 0 spiro atoms. The van der Waals surface area contributed by atoms with Crippen LogP contribution in [0.3, 0.4) is 0 Å². The maximum Gasteiger partial charge on any atom is 0.253 e. The van der Waals surface area contributed by atoms with Gasteiger partial charge in [-0.05, 0) is 55.9 Å². The zero-order chi connectivity index (χ0) is 19.6. The Hall–Kier alpha value is -2.28. The van der Waals surface area contributed by atoms with E-state index in [2.05, 4.69) is 24.1 Å². The highest BCUT2D eigenvalue weighted by Crippen LogP contribution is 2.31. The van der Waals surface area contributed by atoms with Gasteiger partial charge < -0.3 is 10.2 Å². The average Bonchev–Trinajstić information content (AvgIpc) is 2.69. The third-order valence-electron chi connectivity index (χ3n) is 5.31. The highest BCUT2D eigenvalue weighted by molar-refractivity contribution is 5.93. The number of benzene rings is 1. The van der Waals surface area contributed by atoms with Gasteiger partial charge in [0.25, 0.3) is 5.91 Å². The third kappa shape index (κ3) is 6.75. The minimum atomic E-state index is -0.0220. The SMILES string of the molecule is CCCCC1CCC(C(=O)NCC#Cc2ccc(C(=O)N(C)C)cc2)CC1. The Balaban J connectivity index is 1.74. The standard InChI is InChI=1S/C23H32N2O2/c1-4-5-7-18-9-13-20(14-10-18)22(26)24-17-6-8-19-11-15-21(16-12-19)23(27)25(2)3/h11-12,15-16,18,20H,4-5,7,9-10,13-14,17H2,1-3H3,(H,24,26). The first-order valence-electron chi connectivity index (χ1n) is 10.1. The fourth-order valence-electron chi connectivity index (χ4n) is 3.58. The van der Waals surface area contributed by atoms with E-state index in [1.165, 1.54) is 32.1 Å². The van der Waals surface area contributed by atoms with E-state index >= 15 is 0 Å². The molecule has 0 heterocycles. The number of rotatable bonds is 6. The summed E-state index contributed by atoms with van der Waals surface area (Å²) in [5.41, 5.74) is 1.49. The van der Waals surface area contributed by atoms with Crippen molar-refractivity contribution in [2.24, 2.45) is 11.8 Å². The van der Waals surface area contributed by atoms with E-state index in [9.17, 15) is 9.59 Å². The first-order chi connectivity index (χ1) is 13.0. The molecule has 1 aliphatic carbocycles. The summed E-state index contributed by atoms with van der Waals surface area (Å²) >= 11 is 0. The Bertz CT molecular complexity index is 675. The lowest BCUT2D eigenvalue weighted by Crippen LogP contribution is -2.33. The van der Waals surface area contributed by atoms with E-state index in [0.29, 0.717) is 12.1 Å². The van der Waals surface area contributed by atoms with Gasteiger partial charge in [0.15, 0.2) is 0 Å². The van der Waals surface area contributed by atoms with Crippen LogP contribution in [0.15, 0.2) is 24.3 Å². The molecule has 0 bridgehead atoms. The molecule has 0 saturated heterocycles. The monoisotopic (exact) mass is 368 g/mol. The molecule has 0 aromatic heterocycles. The summed E-state index contributed by atoms with van der Waals surface area (Å²) in [6.07, 6.45) is 8.26. The number of unbranched alkanes of at least 4 members (excludes halogenated alkanes) is 1. The van der Waals surface area contributed by atoms with E-state index in [-0.39, 0.29) is 17.7 Å². The summed E-state index contributed by atoms with van der Waals surface area (Å²) < 4.78 is 0. The van der Waals surface area contributed by atoms with E-state index < -0.39 is 0 Å². The van der Waals surface area contributed by atoms with Gasteiger partial charge in [0.2, 0.25) is 5.91 Å². The smallest absolute Gasteiger partial charge is 0.253 e. The second-order valence-corrected chi connectivity index (χ2v) is 7.66. The quantitative estimate of drug-likeness (QED) is 0.775. The van der Waals surface area contributed by atoms with E-state index in [0.717, 1.165) is 24.3 Å². The lowest BCUT2D eigenvalue weighted by atomic mass is 9.79. The number of hydrogen-bond donors (Lipinski definition) is 1. The predicted octanol–water partition coefficient (Wildman–Crippen LogP) is 3.85. The van der Waals surface area contributed by atoms with Crippen molar-refractivity contribution < 1.29 is 9.59 Å². The molecule has 27 heavy (non-hydrogen) atoms. The number of nitrogens with zero attached hydrogens (tertiary/aromatic N) is 1. The van der Waals surface area contributed by atoms with E-state index in [1.54, 1.807) is 31.1 Å². The second kappa shape index (κ2) is 10.8. The molecule has 1 saturated carbocycles. The highest BCUT2D eigenvalue weighted by atomic mass is 16.2. The van der Waals surface area contributed by atoms with Crippen LogP contribution in [0.1, 0.15) is 67.8 Å². The molecule has 146 valence electrons. The van der Waals surface area contributed by atoms with Crippen LogP contribution in [0.5, 0.6) is 0 Å². The van der Waals surface area contributed by atoms with Crippen LogP contribution in [-0.4, -0.2) is 37.4 Å². The molecule has 2 amide bonds. The van der Waals surface area contributed by atoms with Crippen molar-refractivity contribution in [2.75, 3.05) is 20.6 Å². The maximum absolute atomic E-state index is 12.3. The Morgan fingerprint density at radius 2 is 1.78 bits per heavy atom. The van der Waals surface area contributed by atoms with Crippen molar-refractivity contribution in [1.29, 1.82) is 0 Å². The third-order valence-corrected chi connectivity index (χ3v) is 5.31. The van der Waals surface area contributed by atoms with Crippen molar-refractivity contribution in [3.63, 3.8) is 0 Å². The van der Waals surface area contributed by atoms with Gasteiger partial charge in [-0.1, -0.05) is 38.0 Å². The summed E-state index contributed by atoms with van der Waals surface area (Å²) in [7, 11) is 3.47.